The van der Waals surface area contributed by atoms with Crippen molar-refractivity contribution >= 4 is 0 Å². The van der Waals surface area contributed by atoms with Gasteiger partial charge in [0.15, 0.2) is 12.1 Å². The van der Waals surface area contributed by atoms with E-state index in [2.05, 4.69) is 10.0 Å². The normalized spacial score (nSPS) is 29.8. The van der Waals surface area contributed by atoms with Gasteiger partial charge in [-0.25, -0.2) is 0 Å². The van der Waals surface area contributed by atoms with Crippen LogP contribution >= 0.6 is 0 Å². The van der Waals surface area contributed by atoms with Crippen LogP contribution < -0.4 is 4.74 Å². The molecule has 0 amide bonds. The molecule has 2 aliphatic rings. The number of fused-ring (bicyclic) bond motifs is 1. The molecule has 0 saturated carbocycles. The summed E-state index contributed by atoms with van der Waals surface area (Å²) in [5.41, 5.74) is 9.64. The third-order valence-electron chi connectivity index (χ3n) is 5.08. The topological polar surface area (TPSA) is 94.9 Å². The number of hydrogen-bond acceptors (Lipinski definition) is 6. The van der Waals surface area contributed by atoms with Gasteiger partial charge in [-0.05, 0) is 49.9 Å². The average Bonchev–Trinajstić information content (AvgIpc) is 3.13. The maximum absolute atomic E-state index is 8.52. The summed E-state index contributed by atoms with van der Waals surface area (Å²) in [6, 6.07) is 7.94. The summed E-state index contributed by atoms with van der Waals surface area (Å²) < 4.78 is 29.2. The Morgan fingerprint density at radius 1 is 1.22 bits per heavy atom. The van der Waals surface area contributed by atoms with Crippen LogP contribution in [-0.4, -0.2) is 51.2 Å². The monoisotopic (exact) mass is 377 g/mol. The molecule has 0 radical (unpaired) electrons. The van der Waals surface area contributed by atoms with Crippen LogP contribution in [0.4, 0.5) is 0 Å². The smallest absolute Gasteiger partial charge is 0.190 e. The number of ether oxygens (including phenoxy) is 5. The van der Waals surface area contributed by atoms with Crippen molar-refractivity contribution in [1.29, 1.82) is 0 Å². The van der Waals surface area contributed by atoms with Gasteiger partial charge in [-0.3, -0.25) is 0 Å². The van der Waals surface area contributed by atoms with Gasteiger partial charge in [0.05, 0.1) is 13.2 Å². The first-order valence-electron chi connectivity index (χ1n) is 9.18. The molecular weight excluding hydrogens is 350 g/mol. The van der Waals surface area contributed by atoms with E-state index in [1.807, 2.05) is 38.1 Å². The van der Waals surface area contributed by atoms with Crippen molar-refractivity contribution in [2.45, 2.75) is 63.0 Å². The fourth-order valence-electron chi connectivity index (χ4n) is 3.89. The molecule has 1 aromatic carbocycles. The van der Waals surface area contributed by atoms with Crippen molar-refractivity contribution in [3.63, 3.8) is 0 Å². The van der Waals surface area contributed by atoms with Crippen molar-refractivity contribution in [3.8, 4) is 5.75 Å². The molecule has 3 rings (SSSR count). The van der Waals surface area contributed by atoms with E-state index >= 15 is 0 Å². The van der Waals surface area contributed by atoms with Crippen LogP contribution in [0.3, 0.4) is 0 Å². The second-order valence-corrected chi connectivity index (χ2v) is 7.25. The molecule has 0 spiro atoms. The van der Waals surface area contributed by atoms with Gasteiger partial charge in [0.2, 0.25) is 0 Å². The SMILES string of the molecule is COc1ccc([C@@H](CCCN=[N+]=[N-])[C@H]2O[C@@H]3OC(C)(C)O[C@@H]3[C@H]2OC)cc1. The lowest BCUT2D eigenvalue weighted by Gasteiger charge is -2.30. The number of azide groups is 1. The third-order valence-corrected chi connectivity index (χ3v) is 5.08. The Morgan fingerprint density at radius 2 is 1.96 bits per heavy atom. The van der Waals surface area contributed by atoms with Crippen molar-refractivity contribution in [3.05, 3.63) is 40.3 Å². The molecule has 0 bridgehead atoms. The molecular formula is C19H27N3O5. The van der Waals surface area contributed by atoms with Crippen molar-refractivity contribution in [1.82, 2.24) is 0 Å². The Kier molecular flexibility index (Phi) is 6.24. The van der Waals surface area contributed by atoms with Gasteiger partial charge in [-0.15, -0.1) is 0 Å². The lowest BCUT2D eigenvalue weighted by molar-refractivity contribution is -0.219. The van der Waals surface area contributed by atoms with Crippen LogP contribution in [0.2, 0.25) is 0 Å². The number of methoxy groups -OCH3 is 2. The van der Waals surface area contributed by atoms with E-state index in [-0.39, 0.29) is 24.2 Å². The zero-order valence-corrected chi connectivity index (χ0v) is 16.2. The molecule has 5 atom stereocenters. The van der Waals surface area contributed by atoms with Crippen LogP contribution in [0.1, 0.15) is 38.2 Å². The highest BCUT2D eigenvalue weighted by atomic mass is 16.8. The lowest BCUT2D eigenvalue weighted by Crippen LogP contribution is -2.39. The number of nitrogens with zero attached hydrogens (tertiary/aromatic N) is 3. The van der Waals surface area contributed by atoms with Crippen LogP contribution in [0, 0.1) is 0 Å². The van der Waals surface area contributed by atoms with E-state index in [4.69, 9.17) is 29.2 Å². The minimum absolute atomic E-state index is 0.0515. The number of rotatable bonds is 8. The molecule has 0 aromatic heterocycles. The van der Waals surface area contributed by atoms with Gasteiger partial charge in [0.1, 0.15) is 18.0 Å². The molecule has 2 aliphatic heterocycles. The molecule has 8 nitrogen and oxygen atoms in total. The van der Waals surface area contributed by atoms with Crippen molar-refractivity contribution in [2.75, 3.05) is 20.8 Å². The Morgan fingerprint density at radius 3 is 2.59 bits per heavy atom. The fraction of sp³-hybridized carbons (Fsp3) is 0.684. The Hall–Kier alpha value is -1.83. The summed E-state index contributed by atoms with van der Waals surface area (Å²) in [6.07, 6.45) is 0.350. The summed E-state index contributed by atoms with van der Waals surface area (Å²) in [6.45, 7) is 4.19. The van der Waals surface area contributed by atoms with Crippen LogP contribution in [0.15, 0.2) is 29.4 Å². The van der Waals surface area contributed by atoms with E-state index in [0.29, 0.717) is 6.54 Å². The third kappa shape index (κ3) is 4.36. The molecule has 27 heavy (non-hydrogen) atoms. The largest absolute Gasteiger partial charge is 0.497 e. The highest BCUT2D eigenvalue weighted by Crippen LogP contribution is 2.44. The molecule has 0 N–H and O–H groups in total. The minimum Gasteiger partial charge on any atom is -0.497 e. The summed E-state index contributed by atoms with van der Waals surface area (Å²) in [5, 5.41) is 3.65. The second-order valence-electron chi connectivity index (χ2n) is 7.25. The van der Waals surface area contributed by atoms with Crippen LogP contribution in [-0.2, 0) is 18.9 Å². The molecule has 2 saturated heterocycles. The summed E-state index contributed by atoms with van der Waals surface area (Å²) in [5.74, 6) is 0.164. The Bertz CT molecular complexity index is 674. The zero-order chi connectivity index (χ0) is 19.4. The zero-order valence-electron chi connectivity index (χ0n) is 16.2. The van der Waals surface area contributed by atoms with Gasteiger partial charge in [0.25, 0.3) is 0 Å². The lowest BCUT2D eigenvalue weighted by atomic mass is 9.86. The first-order valence-corrected chi connectivity index (χ1v) is 9.18. The summed E-state index contributed by atoms with van der Waals surface area (Å²) in [4.78, 5) is 2.83. The van der Waals surface area contributed by atoms with Gasteiger partial charge in [0, 0.05) is 24.5 Å². The highest BCUT2D eigenvalue weighted by molar-refractivity contribution is 5.30. The summed E-state index contributed by atoms with van der Waals surface area (Å²) >= 11 is 0. The number of hydrogen-bond donors (Lipinski definition) is 0. The molecule has 1 aromatic rings. The van der Waals surface area contributed by atoms with Gasteiger partial charge >= 0.3 is 0 Å². The quantitative estimate of drug-likeness (QED) is 0.297. The fourth-order valence-corrected chi connectivity index (χ4v) is 3.89. The van der Waals surface area contributed by atoms with E-state index < -0.39 is 12.1 Å². The second kappa shape index (κ2) is 8.46. The van der Waals surface area contributed by atoms with Gasteiger partial charge in [-0.2, -0.15) is 0 Å². The standard InChI is InChI=1S/C19H27N3O5/c1-19(2)26-17-16(24-4)15(25-18(17)27-19)14(6-5-11-21-22-20)12-7-9-13(23-3)10-8-12/h7-10,14-18H,5-6,11H2,1-4H3/t14-,15-,16+,17-,18-/m1/s1. The molecule has 2 heterocycles. The Balaban J connectivity index is 1.81. The predicted molar refractivity (Wildman–Crippen MR) is 98.5 cm³/mol. The van der Waals surface area contributed by atoms with E-state index in [1.165, 1.54) is 0 Å². The van der Waals surface area contributed by atoms with Gasteiger partial charge in [-0.1, -0.05) is 17.2 Å². The molecule has 148 valence electrons. The first kappa shape index (κ1) is 19.9. The molecule has 2 fully saturated rings. The van der Waals surface area contributed by atoms with E-state index in [1.54, 1.807) is 14.2 Å². The molecule has 0 unspecified atom stereocenters. The van der Waals surface area contributed by atoms with Crippen molar-refractivity contribution < 1.29 is 23.7 Å². The van der Waals surface area contributed by atoms with E-state index in [0.717, 1.165) is 24.2 Å². The van der Waals surface area contributed by atoms with E-state index in [9.17, 15) is 0 Å². The minimum atomic E-state index is -0.686. The average molecular weight is 377 g/mol. The maximum atomic E-state index is 8.52. The molecule has 8 heteroatoms. The number of benzene rings is 1. The van der Waals surface area contributed by atoms with Gasteiger partial charge < -0.3 is 23.7 Å². The Labute approximate surface area is 159 Å². The molecule has 0 aliphatic carbocycles. The summed E-state index contributed by atoms with van der Waals surface area (Å²) in [7, 11) is 3.31. The van der Waals surface area contributed by atoms with Crippen LogP contribution in [0.25, 0.3) is 10.4 Å². The first-order chi connectivity index (χ1) is 13.0. The maximum Gasteiger partial charge on any atom is 0.190 e. The predicted octanol–water partition coefficient (Wildman–Crippen LogP) is 3.76. The highest BCUT2D eigenvalue weighted by Gasteiger charge is 2.56. The van der Waals surface area contributed by atoms with Crippen molar-refractivity contribution in [2.24, 2.45) is 5.11 Å². The van der Waals surface area contributed by atoms with Crippen LogP contribution in [0.5, 0.6) is 5.75 Å².